The van der Waals surface area contributed by atoms with Crippen LogP contribution < -0.4 is 5.73 Å². The minimum absolute atomic E-state index is 0.241. The van der Waals surface area contributed by atoms with Crippen molar-refractivity contribution in [1.29, 1.82) is 0 Å². The number of hydrogen-bond donors (Lipinski definition) is 2. The highest BCUT2D eigenvalue weighted by molar-refractivity contribution is 6.30. The minimum atomic E-state index is -0.541. The molecule has 3 aromatic heterocycles. The normalized spacial score (nSPS) is 13.1. The number of aromatic nitrogens is 6. The number of halogens is 2. The van der Waals surface area contributed by atoms with Gasteiger partial charge in [-0.15, -0.1) is 0 Å². The summed E-state index contributed by atoms with van der Waals surface area (Å²) < 4.78 is 8.50. The van der Waals surface area contributed by atoms with Gasteiger partial charge in [-0.05, 0) is 50.8 Å². The number of nitrogens with one attached hydrogen (secondary N) is 1. The number of nitrogens with zero attached hydrogens (tertiary/aromatic N) is 5. The van der Waals surface area contributed by atoms with E-state index >= 15 is 0 Å². The smallest absolute Gasteiger partial charge is 0.343 e. The van der Waals surface area contributed by atoms with E-state index in [0.717, 1.165) is 28.8 Å². The maximum Gasteiger partial charge on any atom is 0.343 e. The third-order valence-corrected chi connectivity index (χ3v) is 6.49. The van der Waals surface area contributed by atoms with Crippen molar-refractivity contribution in [2.75, 3.05) is 11.8 Å². The zero-order chi connectivity index (χ0) is 25.4. The summed E-state index contributed by atoms with van der Waals surface area (Å²) in [6, 6.07) is 10.9. The molecule has 1 aromatic carbocycles. The van der Waals surface area contributed by atoms with Crippen LogP contribution in [0.25, 0.3) is 28.1 Å². The van der Waals surface area contributed by atoms with Gasteiger partial charge >= 0.3 is 5.97 Å². The number of esters is 1. The predicted octanol–water partition coefficient (Wildman–Crippen LogP) is 5.35. The number of nitrogen functional groups attached to an aromatic ring is 1. The molecule has 0 amide bonds. The molecule has 1 aliphatic rings. The average molecular weight is 526 g/mol. The van der Waals surface area contributed by atoms with Crippen LogP contribution in [0.2, 0.25) is 5.02 Å². The highest BCUT2D eigenvalue weighted by atomic mass is 35.5. The van der Waals surface area contributed by atoms with Gasteiger partial charge in [-0.2, -0.15) is 10.2 Å². The minimum Gasteiger partial charge on any atom is -0.446 e. The Morgan fingerprint density at radius 3 is 2.64 bits per heavy atom. The van der Waals surface area contributed by atoms with Gasteiger partial charge in [-0.3, -0.25) is 0 Å². The lowest BCUT2D eigenvalue weighted by Crippen LogP contribution is -2.07. The van der Waals surface area contributed by atoms with Crippen molar-refractivity contribution in [2.24, 2.45) is 5.92 Å². The fourth-order valence-corrected chi connectivity index (χ4v) is 4.42. The van der Waals surface area contributed by atoms with E-state index in [4.69, 9.17) is 38.8 Å². The van der Waals surface area contributed by atoms with Crippen molar-refractivity contribution in [1.82, 2.24) is 29.5 Å². The molecule has 0 spiro atoms. The molecule has 1 fully saturated rings. The number of ether oxygens (including phenoxy) is 1. The average Bonchev–Trinajstić information content (AvgIpc) is 3.51. The van der Waals surface area contributed by atoms with E-state index in [9.17, 15) is 4.79 Å². The number of fused-ring (bicyclic) bond motifs is 1. The predicted molar refractivity (Wildman–Crippen MR) is 140 cm³/mol. The summed E-state index contributed by atoms with van der Waals surface area (Å²) in [5.41, 5.74) is 10.4. The van der Waals surface area contributed by atoms with Crippen LogP contribution in [0.15, 0.2) is 42.6 Å². The Balaban J connectivity index is 1.69. The molecule has 4 aromatic rings. The number of H-pyrrole nitrogens is 1. The summed E-state index contributed by atoms with van der Waals surface area (Å²) in [7, 11) is 0. The highest BCUT2D eigenvalue weighted by Crippen LogP contribution is 2.33. The number of benzene rings is 1. The molecule has 5 rings (SSSR count). The first-order chi connectivity index (χ1) is 17.4. The van der Waals surface area contributed by atoms with Crippen LogP contribution in [0, 0.1) is 19.8 Å². The van der Waals surface area contributed by atoms with Gasteiger partial charge in [-0.1, -0.05) is 35.3 Å². The van der Waals surface area contributed by atoms with Gasteiger partial charge in [-0.25, -0.2) is 19.1 Å². The molecule has 186 valence electrons. The van der Waals surface area contributed by atoms with Crippen LogP contribution in [-0.4, -0.2) is 41.6 Å². The number of hydrogen-bond acceptors (Lipinski definition) is 6. The molecule has 0 saturated heterocycles. The molecule has 3 heterocycles. The van der Waals surface area contributed by atoms with Crippen molar-refractivity contribution in [3.63, 3.8) is 0 Å². The van der Waals surface area contributed by atoms with Gasteiger partial charge in [0.25, 0.3) is 0 Å². The topological polar surface area (TPSA) is 117 Å². The first kappa shape index (κ1) is 24.1. The van der Waals surface area contributed by atoms with Crippen LogP contribution in [0.4, 0.5) is 5.82 Å². The van der Waals surface area contributed by atoms with Crippen molar-refractivity contribution in [2.45, 2.75) is 33.2 Å². The van der Waals surface area contributed by atoms with E-state index in [-0.39, 0.29) is 6.07 Å². The molecule has 36 heavy (non-hydrogen) atoms. The standard InChI is InChI=1S/C25H25Cl2N7O2/c1-14-22(25(35)36-13-26)15(2)34(31-14)21-11-20(28)30-24-19(9-10-29-21)23(17-5-7-18(27)8-6-17)32-33(24)12-16-3-4-16/h5-11,16,30H,3-4,12-13,28H2,1-2H3. The number of rotatable bonds is 6. The number of alkyl halides is 1. The number of aryl methyl sites for hydroxylation is 1. The number of carbonyl (C=O) groups excluding carboxylic acids is 1. The maximum atomic E-state index is 12.4. The Labute approximate surface area is 217 Å². The molecule has 0 bridgehead atoms. The van der Waals surface area contributed by atoms with E-state index in [2.05, 4.69) is 15.1 Å². The second kappa shape index (κ2) is 9.83. The zero-order valence-corrected chi connectivity index (χ0v) is 21.3. The van der Waals surface area contributed by atoms with Crippen molar-refractivity contribution in [3.8, 4) is 17.1 Å². The molecule has 9 nitrogen and oxygen atoms in total. The fraction of sp³-hybridized carbons (Fsp3) is 0.280. The van der Waals surface area contributed by atoms with Crippen molar-refractivity contribution in [3.05, 3.63) is 64.6 Å². The summed E-state index contributed by atoms with van der Waals surface area (Å²) in [6.45, 7) is 4.29. The van der Waals surface area contributed by atoms with E-state index in [1.54, 1.807) is 30.8 Å². The summed E-state index contributed by atoms with van der Waals surface area (Å²) in [5.74, 6) is 0.849. The summed E-state index contributed by atoms with van der Waals surface area (Å²) in [4.78, 5) is 20.3. The van der Waals surface area contributed by atoms with Gasteiger partial charge in [0.15, 0.2) is 11.9 Å². The molecule has 0 unspecified atom stereocenters. The van der Waals surface area contributed by atoms with E-state index in [0.29, 0.717) is 39.5 Å². The number of carbonyl (C=O) groups is 1. The summed E-state index contributed by atoms with van der Waals surface area (Å²) in [5, 5.41) is 10.9. The highest BCUT2D eigenvalue weighted by Gasteiger charge is 2.24. The molecular formula is C25H25Cl2N7O2. The van der Waals surface area contributed by atoms with Crippen LogP contribution >= 0.6 is 23.2 Å². The first-order valence-electron chi connectivity index (χ1n) is 11.5. The van der Waals surface area contributed by atoms with Crippen molar-refractivity contribution < 1.29 is 9.53 Å². The molecule has 0 radical (unpaired) electrons. The number of anilines is 1. The van der Waals surface area contributed by atoms with Crippen molar-refractivity contribution >= 4 is 46.0 Å². The van der Waals surface area contributed by atoms with Gasteiger partial charge in [0.2, 0.25) is 0 Å². The Bertz CT molecular complexity index is 1500. The molecular weight excluding hydrogens is 501 g/mol. The Hall–Kier alpha value is -3.56. The third kappa shape index (κ3) is 4.76. The lowest BCUT2D eigenvalue weighted by Gasteiger charge is -2.04. The lowest BCUT2D eigenvalue weighted by molar-refractivity contribution is 0.0572. The van der Waals surface area contributed by atoms with Gasteiger partial charge in [0.1, 0.15) is 22.7 Å². The second-order valence-electron chi connectivity index (χ2n) is 8.77. The SMILES string of the molecule is Cc1nn(-c2cc(N)[nH]c3c(ccn2)c(-c2ccc(Cl)cc2)nn3CC2CC2)c(C)c1C(=O)OCCl. The quantitative estimate of drug-likeness (QED) is 0.258. The number of nitrogens with two attached hydrogens (primary N) is 1. The molecule has 0 aliphatic heterocycles. The largest absolute Gasteiger partial charge is 0.446 e. The fourth-order valence-electron chi connectivity index (χ4n) is 4.20. The van der Waals surface area contributed by atoms with Gasteiger partial charge in [0, 0.05) is 34.8 Å². The number of aromatic amines is 1. The molecule has 0 atom stereocenters. The maximum absolute atomic E-state index is 12.4. The Morgan fingerprint density at radius 1 is 1.19 bits per heavy atom. The van der Waals surface area contributed by atoms with Crippen LogP contribution in [-0.2, 0) is 11.3 Å². The van der Waals surface area contributed by atoms with Crippen LogP contribution in [0.3, 0.4) is 0 Å². The molecule has 1 aliphatic carbocycles. The first-order valence-corrected chi connectivity index (χ1v) is 12.4. The van der Waals surface area contributed by atoms with Crippen LogP contribution in [0.1, 0.15) is 34.6 Å². The summed E-state index contributed by atoms with van der Waals surface area (Å²) >= 11 is 11.7. The molecule has 1 saturated carbocycles. The van der Waals surface area contributed by atoms with Crippen LogP contribution in [0.5, 0.6) is 0 Å². The van der Waals surface area contributed by atoms with E-state index in [1.165, 1.54) is 12.8 Å². The Kier molecular flexibility index (Phi) is 6.59. The molecule has 3 N–H and O–H groups in total. The Morgan fingerprint density at radius 2 is 1.94 bits per heavy atom. The third-order valence-electron chi connectivity index (χ3n) is 6.13. The zero-order valence-electron chi connectivity index (χ0n) is 19.8. The van der Waals surface area contributed by atoms with Gasteiger partial charge in [0.05, 0.1) is 11.4 Å². The lowest BCUT2D eigenvalue weighted by atomic mass is 10.1. The van der Waals surface area contributed by atoms with Gasteiger partial charge < -0.3 is 15.5 Å². The second-order valence-corrected chi connectivity index (χ2v) is 9.42. The molecule has 11 heteroatoms. The van der Waals surface area contributed by atoms with E-state index < -0.39 is 5.97 Å². The van der Waals surface area contributed by atoms with E-state index in [1.807, 2.05) is 35.0 Å². The summed E-state index contributed by atoms with van der Waals surface area (Å²) in [6.07, 6.45) is 4.05. The monoisotopic (exact) mass is 525 g/mol.